The number of rotatable bonds is 5. The van der Waals surface area contributed by atoms with Crippen molar-refractivity contribution >= 4 is 41.8 Å². The van der Waals surface area contributed by atoms with Crippen LogP contribution in [-0.2, 0) is 0 Å². The van der Waals surface area contributed by atoms with Gasteiger partial charge in [0.25, 0.3) is 5.91 Å². The van der Waals surface area contributed by atoms with Crippen molar-refractivity contribution in [1.29, 1.82) is 0 Å². The standard InChI is InChI=1S/C21H21N5O2S/c1-14(22)18-8-7-15(20(27)24-17-9-11-23-12-10-17)13-19(18)26(29)21(28)25-16-5-3-2-4-6-16/h2-14,29H,22H2,1H3,(H,25,28)(H,23,24,27). The van der Waals surface area contributed by atoms with E-state index in [2.05, 4.69) is 28.4 Å². The number of nitrogens with zero attached hydrogens (tertiary/aromatic N) is 2. The predicted molar refractivity (Wildman–Crippen MR) is 118 cm³/mol. The van der Waals surface area contributed by atoms with Crippen LogP contribution in [0.25, 0.3) is 0 Å². The van der Waals surface area contributed by atoms with Gasteiger partial charge in [0.2, 0.25) is 0 Å². The Balaban J connectivity index is 1.86. The van der Waals surface area contributed by atoms with Crippen molar-refractivity contribution in [1.82, 2.24) is 4.98 Å². The van der Waals surface area contributed by atoms with Crippen molar-refractivity contribution in [3.05, 3.63) is 84.2 Å². The van der Waals surface area contributed by atoms with Gasteiger partial charge in [0.1, 0.15) is 0 Å². The van der Waals surface area contributed by atoms with Crippen molar-refractivity contribution < 1.29 is 9.59 Å². The number of nitrogens with two attached hydrogens (primary N) is 1. The van der Waals surface area contributed by atoms with Crippen LogP contribution in [0.4, 0.5) is 21.9 Å². The molecule has 8 heteroatoms. The molecule has 2 aromatic carbocycles. The molecule has 0 aliphatic carbocycles. The summed E-state index contributed by atoms with van der Waals surface area (Å²) >= 11 is 4.35. The number of hydrogen-bond donors (Lipinski definition) is 4. The molecule has 0 aliphatic heterocycles. The molecule has 0 radical (unpaired) electrons. The van der Waals surface area contributed by atoms with Crippen LogP contribution in [0.1, 0.15) is 28.9 Å². The third-order valence-electron chi connectivity index (χ3n) is 4.17. The van der Waals surface area contributed by atoms with E-state index in [1.807, 2.05) is 18.2 Å². The third-order valence-corrected chi connectivity index (χ3v) is 4.56. The van der Waals surface area contributed by atoms with Crippen molar-refractivity contribution in [2.24, 2.45) is 5.73 Å². The number of pyridine rings is 1. The van der Waals surface area contributed by atoms with E-state index in [0.717, 1.165) is 4.31 Å². The van der Waals surface area contributed by atoms with Crippen molar-refractivity contribution in [3.63, 3.8) is 0 Å². The lowest BCUT2D eigenvalue weighted by molar-refractivity contribution is 0.102. The monoisotopic (exact) mass is 407 g/mol. The highest BCUT2D eigenvalue weighted by atomic mass is 32.1. The van der Waals surface area contributed by atoms with E-state index in [0.29, 0.717) is 28.2 Å². The number of nitrogens with one attached hydrogen (secondary N) is 2. The summed E-state index contributed by atoms with van der Waals surface area (Å²) in [5, 5.41) is 5.55. The molecular formula is C21H21N5O2S. The summed E-state index contributed by atoms with van der Waals surface area (Å²) in [5.74, 6) is -0.320. The maximum Gasteiger partial charge on any atom is 0.336 e. The van der Waals surface area contributed by atoms with Gasteiger partial charge in [-0.2, -0.15) is 0 Å². The minimum atomic E-state index is -0.465. The lowest BCUT2D eigenvalue weighted by Gasteiger charge is -2.22. The highest BCUT2D eigenvalue weighted by molar-refractivity contribution is 7.82. The molecule has 0 aliphatic rings. The quantitative estimate of drug-likeness (QED) is 0.475. The van der Waals surface area contributed by atoms with Gasteiger partial charge in [-0.25, -0.2) is 9.10 Å². The summed E-state index contributed by atoms with van der Waals surface area (Å²) in [4.78, 5) is 29.2. The number of aromatic nitrogens is 1. The van der Waals surface area contributed by atoms with E-state index < -0.39 is 6.03 Å². The van der Waals surface area contributed by atoms with E-state index in [4.69, 9.17) is 5.73 Å². The summed E-state index contributed by atoms with van der Waals surface area (Å²) in [7, 11) is 0. The van der Waals surface area contributed by atoms with Crippen LogP contribution in [0.2, 0.25) is 0 Å². The molecule has 3 amide bonds. The molecule has 1 unspecified atom stereocenters. The zero-order valence-corrected chi connectivity index (χ0v) is 16.6. The fourth-order valence-corrected chi connectivity index (χ4v) is 2.92. The van der Waals surface area contributed by atoms with Gasteiger partial charge in [0.15, 0.2) is 0 Å². The van der Waals surface area contributed by atoms with Crippen LogP contribution >= 0.6 is 12.8 Å². The first-order valence-corrected chi connectivity index (χ1v) is 9.31. The minimum Gasteiger partial charge on any atom is -0.324 e. The number of anilines is 3. The average molecular weight is 407 g/mol. The lowest BCUT2D eigenvalue weighted by Crippen LogP contribution is -2.28. The second-order valence-electron chi connectivity index (χ2n) is 6.36. The molecule has 0 spiro atoms. The maximum atomic E-state index is 12.6. The Bertz CT molecular complexity index is 996. The van der Waals surface area contributed by atoms with Gasteiger partial charge in [-0.1, -0.05) is 37.1 Å². The van der Waals surface area contributed by atoms with Gasteiger partial charge in [0, 0.05) is 35.4 Å². The Hall–Kier alpha value is -3.36. The van der Waals surface area contributed by atoms with Crippen LogP contribution in [0, 0.1) is 0 Å². The summed E-state index contributed by atoms with van der Waals surface area (Å²) in [6.07, 6.45) is 3.17. The Morgan fingerprint density at radius 3 is 2.31 bits per heavy atom. The zero-order chi connectivity index (χ0) is 20.8. The Kier molecular flexibility index (Phi) is 6.48. The first kappa shape index (κ1) is 20.4. The number of amides is 3. The summed E-state index contributed by atoms with van der Waals surface area (Å²) in [5.41, 5.74) is 8.79. The molecule has 29 heavy (non-hydrogen) atoms. The Morgan fingerprint density at radius 2 is 1.66 bits per heavy atom. The predicted octanol–water partition coefficient (Wildman–Crippen LogP) is 4.24. The van der Waals surface area contributed by atoms with Crippen LogP contribution in [0.15, 0.2) is 73.1 Å². The van der Waals surface area contributed by atoms with Gasteiger partial charge in [-0.3, -0.25) is 9.78 Å². The molecule has 7 nitrogen and oxygen atoms in total. The number of hydrogen-bond acceptors (Lipinski definition) is 5. The number of carbonyl (C=O) groups excluding carboxylic acids is 2. The highest BCUT2D eigenvalue weighted by Gasteiger charge is 2.20. The molecule has 4 N–H and O–H groups in total. The van der Waals surface area contributed by atoms with Crippen LogP contribution in [-0.4, -0.2) is 16.9 Å². The SMILES string of the molecule is CC(N)c1ccc(C(=O)Nc2ccncc2)cc1N(S)C(=O)Nc1ccccc1. The minimum absolute atomic E-state index is 0.320. The first-order valence-electron chi connectivity index (χ1n) is 8.91. The van der Waals surface area contributed by atoms with E-state index in [9.17, 15) is 9.59 Å². The second-order valence-corrected chi connectivity index (χ2v) is 6.76. The summed E-state index contributed by atoms with van der Waals surface area (Å²) < 4.78 is 1.15. The maximum absolute atomic E-state index is 12.6. The molecule has 0 bridgehead atoms. The van der Waals surface area contributed by atoms with E-state index >= 15 is 0 Å². The third kappa shape index (κ3) is 5.13. The van der Waals surface area contributed by atoms with Gasteiger partial charge < -0.3 is 16.4 Å². The largest absolute Gasteiger partial charge is 0.336 e. The number of benzene rings is 2. The molecule has 3 rings (SSSR count). The van der Waals surface area contributed by atoms with E-state index in [1.54, 1.807) is 61.8 Å². The van der Waals surface area contributed by atoms with E-state index in [-0.39, 0.29) is 11.9 Å². The molecule has 3 aromatic rings. The van der Waals surface area contributed by atoms with Gasteiger partial charge in [-0.05, 0) is 48.9 Å². The highest BCUT2D eigenvalue weighted by Crippen LogP contribution is 2.29. The molecule has 0 saturated carbocycles. The Labute approximate surface area is 174 Å². The summed E-state index contributed by atoms with van der Waals surface area (Å²) in [6.45, 7) is 1.80. The van der Waals surface area contributed by atoms with Crippen LogP contribution < -0.4 is 20.7 Å². The molecule has 0 fully saturated rings. The van der Waals surface area contributed by atoms with Crippen molar-refractivity contribution in [2.75, 3.05) is 14.9 Å². The summed E-state index contributed by atoms with van der Waals surface area (Å²) in [6, 6.07) is 16.5. The smallest absolute Gasteiger partial charge is 0.324 e. The van der Waals surface area contributed by atoms with E-state index in [1.165, 1.54) is 0 Å². The molecule has 1 aromatic heterocycles. The zero-order valence-electron chi connectivity index (χ0n) is 15.7. The number of thiol groups is 1. The van der Waals surface area contributed by atoms with Crippen molar-refractivity contribution in [2.45, 2.75) is 13.0 Å². The number of para-hydroxylation sites is 1. The molecular weight excluding hydrogens is 386 g/mol. The van der Waals surface area contributed by atoms with Gasteiger partial charge in [-0.15, -0.1) is 0 Å². The molecule has 0 saturated heterocycles. The fourth-order valence-electron chi connectivity index (χ4n) is 2.70. The fraction of sp³-hybridized carbons (Fsp3) is 0.0952. The van der Waals surface area contributed by atoms with Gasteiger partial charge >= 0.3 is 6.03 Å². The lowest BCUT2D eigenvalue weighted by atomic mass is 10.0. The average Bonchev–Trinajstić information content (AvgIpc) is 2.74. The second kappa shape index (κ2) is 9.22. The molecule has 1 heterocycles. The van der Waals surface area contributed by atoms with Gasteiger partial charge in [0.05, 0.1) is 5.69 Å². The molecule has 148 valence electrons. The van der Waals surface area contributed by atoms with Crippen LogP contribution in [0.5, 0.6) is 0 Å². The van der Waals surface area contributed by atoms with Crippen LogP contribution in [0.3, 0.4) is 0 Å². The molecule has 1 atom stereocenters. The number of carbonyl (C=O) groups is 2. The normalized spacial score (nSPS) is 11.4. The number of urea groups is 1. The Morgan fingerprint density at radius 1 is 1.00 bits per heavy atom. The topological polar surface area (TPSA) is 100 Å². The van der Waals surface area contributed by atoms with Crippen molar-refractivity contribution in [3.8, 4) is 0 Å². The first-order chi connectivity index (χ1) is 14.0.